The lowest BCUT2D eigenvalue weighted by Gasteiger charge is -2.21. The first-order valence-corrected chi connectivity index (χ1v) is 9.52. The summed E-state index contributed by atoms with van der Waals surface area (Å²) in [5, 5.41) is 2.95. The van der Waals surface area contributed by atoms with Gasteiger partial charge in [-0.15, -0.1) is 0 Å². The van der Waals surface area contributed by atoms with Gasteiger partial charge in [0.2, 0.25) is 5.91 Å². The number of rotatable bonds is 3. The van der Waals surface area contributed by atoms with Crippen LogP contribution in [0.1, 0.15) is 65.5 Å². The fraction of sp³-hybridized carbons (Fsp3) is 0.348. The first kappa shape index (κ1) is 18.4. The molecule has 0 bridgehead atoms. The van der Waals surface area contributed by atoms with Gasteiger partial charge < -0.3 is 5.32 Å². The number of amides is 3. The smallest absolute Gasteiger partial charge is 0.261 e. The normalized spacial score (nSPS) is 17.5. The highest BCUT2D eigenvalue weighted by molar-refractivity contribution is 6.21. The molecule has 0 atom stereocenters. The van der Waals surface area contributed by atoms with E-state index in [1.165, 1.54) is 12.6 Å². The molecule has 2 aromatic rings. The summed E-state index contributed by atoms with van der Waals surface area (Å²) in [6.45, 7) is 6.50. The molecule has 1 heterocycles. The highest BCUT2D eigenvalue weighted by Crippen LogP contribution is 2.49. The Hall–Kier alpha value is -2.95. The first-order valence-electron chi connectivity index (χ1n) is 9.52. The largest absolute Gasteiger partial charge is 0.325 e. The van der Waals surface area contributed by atoms with Crippen LogP contribution >= 0.6 is 0 Å². The molecule has 5 nitrogen and oxygen atoms in total. The molecule has 1 aliphatic carbocycles. The molecule has 144 valence electrons. The Morgan fingerprint density at radius 3 is 2.14 bits per heavy atom. The summed E-state index contributed by atoms with van der Waals surface area (Å²) in [5.41, 5.74) is 3.07. The molecule has 0 unspecified atom stereocenters. The Balaban J connectivity index is 1.56. The lowest BCUT2D eigenvalue weighted by molar-refractivity contribution is -0.118. The second kappa shape index (κ2) is 6.03. The minimum absolute atomic E-state index is 0.0684. The van der Waals surface area contributed by atoms with Crippen LogP contribution in [0.3, 0.4) is 0 Å². The zero-order valence-electron chi connectivity index (χ0n) is 16.6. The molecule has 3 amide bonds. The molecule has 4 rings (SSSR count). The zero-order valence-corrected chi connectivity index (χ0v) is 16.6. The third-order valence-electron chi connectivity index (χ3n) is 5.84. The lowest BCUT2D eigenvalue weighted by atomic mass is 9.85. The van der Waals surface area contributed by atoms with Gasteiger partial charge in [-0.25, -0.2) is 0 Å². The van der Waals surface area contributed by atoms with E-state index in [0.29, 0.717) is 16.8 Å². The van der Waals surface area contributed by atoms with Crippen molar-refractivity contribution in [2.75, 3.05) is 12.4 Å². The van der Waals surface area contributed by atoms with Crippen LogP contribution < -0.4 is 5.32 Å². The van der Waals surface area contributed by atoms with E-state index in [0.717, 1.165) is 23.3 Å². The third kappa shape index (κ3) is 2.82. The van der Waals surface area contributed by atoms with Crippen molar-refractivity contribution < 1.29 is 14.4 Å². The van der Waals surface area contributed by atoms with Crippen LogP contribution in [-0.4, -0.2) is 29.7 Å². The number of carbonyl (C=O) groups is 3. The Morgan fingerprint density at radius 2 is 1.57 bits per heavy atom. The van der Waals surface area contributed by atoms with E-state index in [4.69, 9.17) is 0 Å². The molecule has 1 fully saturated rings. The topological polar surface area (TPSA) is 66.5 Å². The van der Waals surface area contributed by atoms with Crippen LogP contribution in [0.25, 0.3) is 0 Å². The molecule has 2 aliphatic rings. The van der Waals surface area contributed by atoms with E-state index in [1.54, 1.807) is 18.2 Å². The van der Waals surface area contributed by atoms with Gasteiger partial charge in [-0.05, 0) is 47.6 Å². The Bertz CT molecular complexity index is 995. The number of nitrogens with one attached hydrogen (secondary N) is 1. The van der Waals surface area contributed by atoms with Crippen molar-refractivity contribution in [3.63, 3.8) is 0 Å². The van der Waals surface area contributed by atoms with Gasteiger partial charge in [-0.2, -0.15) is 0 Å². The minimum Gasteiger partial charge on any atom is -0.325 e. The monoisotopic (exact) mass is 376 g/mol. The quantitative estimate of drug-likeness (QED) is 0.827. The molecule has 0 aromatic heterocycles. The van der Waals surface area contributed by atoms with E-state index < -0.39 is 5.41 Å². The Morgan fingerprint density at radius 1 is 0.964 bits per heavy atom. The average Bonchev–Trinajstić information content (AvgIpc) is 3.44. The molecule has 1 N–H and O–H groups in total. The van der Waals surface area contributed by atoms with Gasteiger partial charge in [-0.1, -0.05) is 45.0 Å². The van der Waals surface area contributed by atoms with Crippen LogP contribution in [0.4, 0.5) is 5.69 Å². The summed E-state index contributed by atoms with van der Waals surface area (Å²) >= 11 is 0. The van der Waals surface area contributed by atoms with Crippen molar-refractivity contribution >= 4 is 23.4 Å². The van der Waals surface area contributed by atoms with Crippen molar-refractivity contribution in [3.05, 3.63) is 64.7 Å². The Kier molecular flexibility index (Phi) is 3.96. The summed E-state index contributed by atoms with van der Waals surface area (Å²) in [5.74, 6) is -0.716. The maximum absolute atomic E-state index is 13.0. The van der Waals surface area contributed by atoms with Gasteiger partial charge in [-0.3, -0.25) is 19.3 Å². The molecular formula is C23H24N2O3. The molecule has 1 aliphatic heterocycles. The standard InChI is InChI=1S/C23H24N2O3/c1-22(2,3)14-5-7-15(8-6-14)23(11-12-23)21(28)24-16-9-10-17-18(13-16)20(27)25(4)19(17)26/h5-10,13H,11-12H2,1-4H3,(H,24,28). The fourth-order valence-electron chi connectivity index (χ4n) is 3.75. The summed E-state index contributed by atoms with van der Waals surface area (Å²) in [6.07, 6.45) is 1.61. The number of fused-ring (bicyclic) bond motifs is 1. The van der Waals surface area contributed by atoms with Crippen molar-refractivity contribution in [1.82, 2.24) is 4.90 Å². The first-order chi connectivity index (χ1) is 13.1. The van der Waals surface area contributed by atoms with Crippen molar-refractivity contribution in [2.24, 2.45) is 0 Å². The molecule has 2 aromatic carbocycles. The third-order valence-corrected chi connectivity index (χ3v) is 5.84. The van der Waals surface area contributed by atoms with Crippen LogP contribution in [-0.2, 0) is 15.6 Å². The van der Waals surface area contributed by atoms with Crippen molar-refractivity contribution in [2.45, 2.75) is 44.4 Å². The summed E-state index contributed by atoms with van der Waals surface area (Å²) in [7, 11) is 1.46. The summed E-state index contributed by atoms with van der Waals surface area (Å²) < 4.78 is 0. The lowest BCUT2D eigenvalue weighted by Crippen LogP contribution is -2.28. The van der Waals surface area contributed by atoms with E-state index in [-0.39, 0.29) is 23.1 Å². The minimum atomic E-state index is -0.508. The van der Waals surface area contributed by atoms with Crippen LogP contribution in [0.2, 0.25) is 0 Å². The van der Waals surface area contributed by atoms with Gasteiger partial charge in [0.25, 0.3) is 11.8 Å². The number of benzene rings is 2. The van der Waals surface area contributed by atoms with Gasteiger partial charge >= 0.3 is 0 Å². The fourth-order valence-corrected chi connectivity index (χ4v) is 3.75. The van der Waals surface area contributed by atoms with Gasteiger partial charge in [0.15, 0.2) is 0 Å². The molecule has 1 saturated carbocycles. The second-order valence-corrected chi connectivity index (χ2v) is 8.79. The van der Waals surface area contributed by atoms with E-state index in [2.05, 4.69) is 38.2 Å². The number of hydrogen-bond donors (Lipinski definition) is 1. The number of hydrogen-bond acceptors (Lipinski definition) is 3. The number of carbonyl (C=O) groups excluding carboxylic acids is 3. The number of nitrogens with zero attached hydrogens (tertiary/aromatic N) is 1. The van der Waals surface area contributed by atoms with Gasteiger partial charge in [0.1, 0.15) is 0 Å². The molecule has 0 radical (unpaired) electrons. The second-order valence-electron chi connectivity index (χ2n) is 8.79. The zero-order chi connectivity index (χ0) is 20.3. The van der Waals surface area contributed by atoms with Crippen LogP contribution in [0.5, 0.6) is 0 Å². The van der Waals surface area contributed by atoms with Crippen LogP contribution in [0.15, 0.2) is 42.5 Å². The Labute approximate surface area is 164 Å². The van der Waals surface area contributed by atoms with Gasteiger partial charge in [0, 0.05) is 12.7 Å². The molecule has 0 spiro atoms. The van der Waals surface area contributed by atoms with E-state index in [1.807, 2.05) is 12.1 Å². The average molecular weight is 376 g/mol. The van der Waals surface area contributed by atoms with Crippen molar-refractivity contribution in [3.8, 4) is 0 Å². The van der Waals surface area contributed by atoms with Crippen molar-refractivity contribution in [1.29, 1.82) is 0 Å². The number of imide groups is 1. The van der Waals surface area contributed by atoms with E-state index in [9.17, 15) is 14.4 Å². The SMILES string of the molecule is CN1C(=O)c2ccc(NC(=O)C3(c4ccc(C(C)(C)C)cc4)CC3)cc2C1=O. The highest BCUT2D eigenvalue weighted by Gasteiger charge is 2.51. The van der Waals surface area contributed by atoms with Gasteiger partial charge in [0.05, 0.1) is 16.5 Å². The molecule has 28 heavy (non-hydrogen) atoms. The van der Waals surface area contributed by atoms with Crippen LogP contribution in [0, 0.1) is 0 Å². The molecule has 0 saturated heterocycles. The molecule has 5 heteroatoms. The van der Waals surface area contributed by atoms with E-state index >= 15 is 0 Å². The molecular weight excluding hydrogens is 352 g/mol. The predicted octanol–water partition coefficient (Wildman–Crippen LogP) is 3.88. The number of anilines is 1. The highest BCUT2D eigenvalue weighted by atomic mass is 16.2. The summed E-state index contributed by atoms with van der Waals surface area (Å²) in [4.78, 5) is 38.3. The predicted molar refractivity (Wildman–Crippen MR) is 108 cm³/mol. The maximum atomic E-state index is 13.0. The summed E-state index contributed by atoms with van der Waals surface area (Å²) in [6, 6.07) is 13.2. The maximum Gasteiger partial charge on any atom is 0.261 e.